The Balaban J connectivity index is 0.648. The van der Waals surface area contributed by atoms with E-state index in [4.69, 9.17) is 0 Å². The van der Waals surface area contributed by atoms with Crippen LogP contribution >= 0.6 is 0 Å². The van der Waals surface area contributed by atoms with Gasteiger partial charge in [-0.25, -0.2) is 17.6 Å². The molecule has 2 atom stereocenters. The Morgan fingerprint density at radius 3 is 0.696 bits per heavy atom. The highest BCUT2D eigenvalue weighted by atomic mass is 19.1. The largest absolute Gasteiger partial charge is 0.310 e. The molecule has 0 radical (unpaired) electrons. The van der Waals surface area contributed by atoms with Crippen LogP contribution in [0, 0.1) is 23.3 Å². The molecule has 0 bridgehead atoms. The lowest BCUT2D eigenvalue weighted by Gasteiger charge is -2.35. The molecule has 8 heteroatoms. The van der Waals surface area contributed by atoms with E-state index in [0.717, 1.165) is 191 Å². The molecule has 0 heterocycles. The minimum atomic E-state index is -0.832. The van der Waals surface area contributed by atoms with Gasteiger partial charge in [0.1, 0.15) is 23.3 Å². The van der Waals surface area contributed by atoms with Gasteiger partial charge in [0.05, 0.1) is 10.8 Å². The Hall–Kier alpha value is -15.6. The predicted octanol–water partition coefficient (Wildman–Crippen LogP) is 31.8. The number of benzene rings is 18. The van der Waals surface area contributed by atoms with Gasteiger partial charge in [-0.15, -0.1) is 0 Å². The fourth-order valence-corrected chi connectivity index (χ4v) is 19.9. The van der Waals surface area contributed by atoms with Crippen LogP contribution in [0.3, 0.4) is 0 Å². The zero-order valence-electron chi connectivity index (χ0n) is 68.8. The maximum atomic E-state index is 15.3. The molecule has 4 nitrogen and oxygen atoms in total. The monoisotopic (exact) mass is 1620 g/mol. The van der Waals surface area contributed by atoms with Crippen molar-refractivity contribution in [3.05, 3.63) is 528 Å². The lowest BCUT2D eigenvalue weighted by molar-refractivity contribution is 0.624. The first-order valence-electron chi connectivity index (χ1n) is 42.2. The van der Waals surface area contributed by atoms with Crippen molar-refractivity contribution in [1.82, 2.24) is 0 Å². The highest BCUT2D eigenvalue weighted by molar-refractivity contribution is 5.95. The molecular weight excluding hydrogens is 1540 g/mol. The third-order valence-electron chi connectivity index (χ3n) is 25.8. The van der Waals surface area contributed by atoms with E-state index in [9.17, 15) is 0 Å². The Morgan fingerprint density at radius 1 is 0.200 bits per heavy atom. The second kappa shape index (κ2) is 31.1. The number of halogens is 4. The van der Waals surface area contributed by atoms with Gasteiger partial charge in [0, 0.05) is 73.7 Å². The van der Waals surface area contributed by atoms with Crippen LogP contribution in [0.15, 0.2) is 438 Å². The lowest BCUT2D eigenvalue weighted by atomic mass is 9.67. The average Bonchev–Trinajstić information content (AvgIpc) is 1.54. The molecule has 125 heavy (non-hydrogen) atoms. The van der Waals surface area contributed by atoms with Crippen LogP contribution in [-0.2, 0) is 16.2 Å². The summed E-state index contributed by atoms with van der Waals surface area (Å²) in [5, 5.41) is 0. The van der Waals surface area contributed by atoms with Crippen LogP contribution in [0.2, 0.25) is 0 Å². The molecule has 0 N–H and O–H groups in total. The number of anilines is 12. The standard InChI is InChI=1S/C117H82F4N4/c1-5-77-25-33-83(34-26-77)116(85-37-41-87(118)42-38-85)109-23-15-13-21-103(109)107-71-67-101(75-113(107)116)122(91-49-29-81(30-50-91)79-17-9-7-10-18-79)95-57-61-97(62-58-95)124(93-53-45-89(120)46-54-93)99-65-69-105-106-70-66-100(74-112(106)115(3,4)111(105)73-99)125(94-55-47-90(121)48-56-94)98-63-59-96(60-64-98)123(92-51-31-82(32-52-92)80-19-11-8-12-20-80)102-68-72-108-104-22-14-16-24-110(104)117(114(108)76-102,86-39-43-88(119)44-40-86)84-35-27-78(6-2)28-36-84/h5-76H,1-2H2,3-4H3. The van der Waals surface area contributed by atoms with Crippen molar-refractivity contribution in [2.24, 2.45) is 0 Å². The average molecular weight is 1620 g/mol. The van der Waals surface area contributed by atoms with E-state index < -0.39 is 16.2 Å². The predicted molar refractivity (Wildman–Crippen MR) is 508 cm³/mol. The fraction of sp³-hybridized carbons (Fsp3) is 0.0427. The van der Waals surface area contributed by atoms with Gasteiger partial charge in [0.15, 0.2) is 0 Å². The molecule has 18 aromatic rings. The van der Waals surface area contributed by atoms with Crippen molar-refractivity contribution in [1.29, 1.82) is 0 Å². The summed E-state index contributed by atoms with van der Waals surface area (Å²) >= 11 is 0. The van der Waals surface area contributed by atoms with Crippen molar-refractivity contribution in [2.45, 2.75) is 30.1 Å². The first kappa shape index (κ1) is 76.7. The summed E-state index contributed by atoms with van der Waals surface area (Å²) in [5.41, 5.74) is 31.9. The van der Waals surface area contributed by atoms with Gasteiger partial charge in [-0.2, -0.15) is 0 Å². The van der Waals surface area contributed by atoms with Gasteiger partial charge in [-0.3, -0.25) is 0 Å². The zero-order chi connectivity index (χ0) is 84.7. The molecule has 0 saturated carbocycles. The lowest BCUT2D eigenvalue weighted by Crippen LogP contribution is -2.29. The third kappa shape index (κ3) is 13.1. The van der Waals surface area contributed by atoms with Crippen molar-refractivity contribution in [2.75, 3.05) is 19.6 Å². The zero-order valence-corrected chi connectivity index (χ0v) is 68.8. The van der Waals surface area contributed by atoms with Crippen LogP contribution in [0.4, 0.5) is 85.8 Å². The third-order valence-corrected chi connectivity index (χ3v) is 25.8. The van der Waals surface area contributed by atoms with E-state index >= 15 is 17.6 Å². The molecule has 3 aliphatic rings. The number of hydrogen-bond acceptors (Lipinski definition) is 4. The quantitative estimate of drug-likeness (QED) is 0.0705. The highest BCUT2D eigenvalue weighted by Gasteiger charge is 2.49. The van der Waals surface area contributed by atoms with Crippen LogP contribution in [0.25, 0.3) is 67.8 Å². The van der Waals surface area contributed by atoms with E-state index in [0.29, 0.717) is 0 Å². The summed E-state index contributed by atoms with van der Waals surface area (Å²) in [6.07, 6.45) is 3.71. The number of rotatable bonds is 20. The first-order chi connectivity index (χ1) is 61.2. The van der Waals surface area contributed by atoms with Gasteiger partial charge in [0.25, 0.3) is 0 Å². The van der Waals surface area contributed by atoms with Gasteiger partial charge in [-0.05, 0) is 317 Å². The van der Waals surface area contributed by atoms with E-state index in [-0.39, 0.29) is 23.3 Å². The molecule has 598 valence electrons. The van der Waals surface area contributed by atoms with Gasteiger partial charge in [-0.1, -0.05) is 270 Å². The fourth-order valence-electron chi connectivity index (χ4n) is 19.9. The first-order valence-corrected chi connectivity index (χ1v) is 42.2. The Bertz CT molecular complexity index is 6710. The van der Waals surface area contributed by atoms with Crippen LogP contribution < -0.4 is 19.6 Å². The minimum Gasteiger partial charge on any atom is -0.310 e. The topological polar surface area (TPSA) is 13.0 Å². The molecule has 0 spiro atoms. The van der Waals surface area contributed by atoms with E-state index in [1.807, 2.05) is 72.8 Å². The van der Waals surface area contributed by atoms with E-state index in [1.165, 1.54) is 24.3 Å². The minimum absolute atomic E-state index is 0.306. The second-order valence-corrected chi connectivity index (χ2v) is 33.0. The summed E-state index contributed by atoms with van der Waals surface area (Å²) in [6, 6.07) is 144. The maximum Gasteiger partial charge on any atom is 0.123 e. The molecular formula is C117H82F4N4. The van der Waals surface area contributed by atoms with Crippen LogP contribution in [-0.4, -0.2) is 0 Å². The normalized spacial score (nSPS) is 14.7. The van der Waals surface area contributed by atoms with Crippen molar-refractivity contribution >= 4 is 80.4 Å². The molecule has 0 aliphatic heterocycles. The molecule has 21 rings (SSSR count). The van der Waals surface area contributed by atoms with Gasteiger partial charge in [0.2, 0.25) is 0 Å². The summed E-state index contributed by atoms with van der Waals surface area (Å²) in [4.78, 5) is 9.01. The van der Waals surface area contributed by atoms with Crippen molar-refractivity contribution in [3.63, 3.8) is 0 Å². The molecule has 0 amide bonds. The molecule has 0 saturated heterocycles. The number of hydrogen-bond donors (Lipinski definition) is 0. The Labute approximate surface area is 726 Å². The Morgan fingerprint density at radius 2 is 0.408 bits per heavy atom. The molecule has 2 unspecified atom stereocenters. The van der Waals surface area contributed by atoms with Crippen LogP contribution in [0.1, 0.15) is 80.6 Å². The number of nitrogens with zero attached hydrogens (tertiary/aromatic N) is 4. The van der Waals surface area contributed by atoms with Crippen molar-refractivity contribution < 1.29 is 17.6 Å². The molecule has 0 aromatic heterocycles. The van der Waals surface area contributed by atoms with Crippen molar-refractivity contribution in [3.8, 4) is 55.6 Å². The molecule has 3 aliphatic carbocycles. The van der Waals surface area contributed by atoms with Crippen LogP contribution in [0.5, 0.6) is 0 Å². The van der Waals surface area contributed by atoms with E-state index in [2.05, 4.69) is 362 Å². The maximum absolute atomic E-state index is 15.3. The van der Waals surface area contributed by atoms with E-state index in [1.54, 1.807) is 24.3 Å². The highest BCUT2D eigenvalue weighted by Crippen LogP contribution is 2.61. The summed E-state index contributed by atoms with van der Waals surface area (Å²) in [7, 11) is 0. The smallest absolute Gasteiger partial charge is 0.123 e. The SMILES string of the molecule is C=Cc1ccc(C2(c3ccc(F)cc3)c3ccccc3-c3ccc(N(c4ccc(-c5ccccc5)cc4)c4ccc(N(c5ccc(F)cc5)c5ccc6c(c5)C(C)(C)c5cc(N(c7ccc(F)cc7)c7ccc(N(c8ccc(-c9ccccc9)cc8)c8ccc9c(c8)C(c8ccc(F)cc8)(c8ccc(C=C)cc8)c8ccccc8-9)cc7)ccc5-6)cc4)cc32)cc1. The summed E-state index contributed by atoms with van der Waals surface area (Å²) < 4.78 is 61.1. The summed E-state index contributed by atoms with van der Waals surface area (Å²) in [5.74, 6) is -1.29. The van der Waals surface area contributed by atoms with Gasteiger partial charge >= 0.3 is 0 Å². The Kier molecular flexibility index (Phi) is 19.1. The molecule has 18 aromatic carbocycles. The molecule has 0 fully saturated rings. The summed E-state index contributed by atoms with van der Waals surface area (Å²) in [6.45, 7) is 12.7. The number of fused-ring (bicyclic) bond motifs is 9. The van der Waals surface area contributed by atoms with Gasteiger partial charge < -0.3 is 19.6 Å². The second-order valence-electron chi connectivity index (χ2n) is 33.0.